The number of hydrogen-bond donors (Lipinski definition) is 3. The van der Waals surface area contributed by atoms with Crippen LogP contribution < -0.4 is 10.6 Å². The van der Waals surface area contributed by atoms with Crippen LogP contribution in [0.4, 0.5) is 27.5 Å². The average Bonchev–Trinajstić information content (AvgIpc) is 3.29. The SMILES string of the molecule is CN1CCc2cc(F)c(Nc3nc(Nc4ccccc4S(=O)(=O)N(C)C)c4cc[nH]c4n3)cc2C1. The Morgan fingerprint density at radius 1 is 1.06 bits per heavy atom. The molecule has 1 aliphatic heterocycles. The molecule has 182 valence electrons. The largest absolute Gasteiger partial charge is 0.346 e. The Morgan fingerprint density at radius 2 is 1.86 bits per heavy atom. The number of benzene rings is 2. The molecule has 35 heavy (non-hydrogen) atoms. The molecule has 0 saturated carbocycles. The van der Waals surface area contributed by atoms with Crippen molar-refractivity contribution in [2.45, 2.75) is 17.9 Å². The van der Waals surface area contributed by atoms with E-state index in [1.807, 2.05) is 7.05 Å². The van der Waals surface area contributed by atoms with Gasteiger partial charge in [0.15, 0.2) is 0 Å². The summed E-state index contributed by atoms with van der Waals surface area (Å²) in [5, 5.41) is 6.81. The molecule has 11 heteroatoms. The highest BCUT2D eigenvalue weighted by Gasteiger charge is 2.22. The molecule has 0 saturated heterocycles. The predicted octanol–water partition coefficient (Wildman–Crippen LogP) is 3.82. The second-order valence-corrected chi connectivity index (χ2v) is 10.9. The number of anilines is 4. The zero-order valence-corrected chi connectivity index (χ0v) is 20.4. The summed E-state index contributed by atoms with van der Waals surface area (Å²) < 4.78 is 41.7. The Balaban J connectivity index is 1.53. The van der Waals surface area contributed by atoms with E-state index in [2.05, 4.69) is 30.5 Å². The molecule has 0 amide bonds. The minimum atomic E-state index is -3.69. The summed E-state index contributed by atoms with van der Waals surface area (Å²) in [4.78, 5) is 14.4. The fourth-order valence-corrected chi connectivity index (χ4v) is 5.19. The molecule has 0 unspecified atom stereocenters. The highest BCUT2D eigenvalue weighted by atomic mass is 32.2. The van der Waals surface area contributed by atoms with Crippen molar-refractivity contribution in [3.8, 4) is 0 Å². The summed E-state index contributed by atoms with van der Waals surface area (Å²) >= 11 is 0. The molecule has 0 bridgehead atoms. The number of rotatable bonds is 6. The minimum Gasteiger partial charge on any atom is -0.346 e. The molecule has 2 aromatic heterocycles. The maximum absolute atomic E-state index is 14.9. The molecule has 0 aliphatic carbocycles. The molecule has 0 spiro atoms. The van der Waals surface area contributed by atoms with Crippen LogP contribution in [0.1, 0.15) is 11.1 Å². The van der Waals surface area contributed by atoms with Crippen molar-refractivity contribution in [2.24, 2.45) is 0 Å². The van der Waals surface area contributed by atoms with Crippen LogP contribution in [0.25, 0.3) is 11.0 Å². The van der Waals surface area contributed by atoms with Gasteiger partial charge in [-0.25, -0.2) is 17.1 Å². The van der Waals surface area contributed by atoms with E-state index in [-0.39, 0.29) is 22.3 Å². The van der Waals surface area contributed by atoms with Crippen molar-refractivity contribution >= 4 is 44.2 Å². The Hall–Kier alpha value is -3.54. The third-order valence-corrected chi connectivity index (χ3v) is 7.93. The Kier molecular flexibility index (Phi) is 5.91. The van der Waals surface area contributed by atoms with Gasteiger partial charge in [-0.05, 0) is 54.9 Å². The van der Waals surface area contributed by atoms with Crippen LogP contribution >= 0.6 is 0 Å². The van der Waals surface area contributed by atoms with E-state index in [9.17, 15) is 12.8 Å². The number of halogens is 1. The average molecular weight is 496 g/mol. The van der Waals surface area contributed by atoms with Crippen LogP contribution in [-0.2, 0) is 23.0 Å². The first kappa shape index (κ1) is 23.2. The van der Waals surface area contributed by atoms with E-state index in [0.29, 0.717) is 22.5 Å². The zero-order chi connectivity index (χ0) is 24.7. The Labute approximate surface area is 203 Å². The number of hydrogen-bond acceptors (Lipinski definition) is 7. The minimum absolute atomic E-state index is 0.117. The van der Waals surface area contributed by atoms with E-state index in [0.717, 1.165) is 34.9 Å². The predicted molar refractivity (Wildman–Crippen MR) is 134 cm³/mol. The van der Waals surface area contributed by atoms with Gasteiger partial charge in [-0.1, -0.05) is 12.1 Å². The monoisotopic (exact) mass is 495 g/mol. The first-order chi connectivity index (χ1) is 16.7. The smallest absolute Gasteiger partial charge is 0.244 e. The standard InChI is InChI=1S/C24H26FN7O2S/c1-31(2)35(33,34)21-7-5-4-6-19(21)27-23-17-8-10-26-22(17)29-24(30-23)28-20-13-16-14-32(3)11-9-15(16)12-18(20)25/h4-8,10,12-13H,9,11,14H2,1-3H3,(H3,26,27,28,29,30). The van der Waals surface area contributed by atoms with Crippen LogP contribution in [0.2, 0.25) is 0 Å². The van der Waals surface area contributed by atoms with Gasteiger partial charge in [-0.3, -0.25) is 0 Å². The molecule has 1 aliphatic rings. The lowest BCUT2D eigenvalue weighted by molar-refractivity contribution is 0.312. The zero-order valence-electron chi connectivity index (χ0n) is 19.6. The van der Waals surface area contributed by atoms with Crippen molar-refractivity contribution in [3.05, 3.63) is 65.6 Å². The molecule has 0 atom stereocenters. The lowest BCUT2D eigenvalue weighted by Gasteiger charge is -2.25. The fraction of sp³-hybridized carbons (Fsp3) is 0.250. The van der Waals surface area contributed by atoms with Crippen molar-refractivity contribution in [3.63, 3.8) is 0 Å². The number of nitrogens with one attached hydrogen (secondary N) is 3. The maximum atomic E-state index is 14.9. The number of sulfonamides is 1. The molecule has 2 aromatic carbocycles. The number of aromatic nitrogens is 3. The van der Waals surface area contributed by atoms with E-state index in [1.54, 1.807) is 42.6 Å². The topological polar surface area (TPSA) is 106 Å². The van der Waals surface area contributed by atoms with E-state index in [4.69, 9.17) is 0 Å². The van der Waals surface area contributed by atoms with Crippen molar-refractivity contribution in [1.29, 1.82) is 0 Å². The first-order valence-corrected chi connectivity index (χ1v) is 12.6. The van der Waals surface area contributed by atoms with Gasteiger partial charge in [0.1, 0.15) is 22.2 Å². The highest BCUT2D eigenvalue weighted by molar-refractivity contribution is 7.89. The summed E-state index contributed by atoms with van der Waals surface area (Å²) in [6.45, 7) is 1.64. The lowest BCUT2D eigenvalue weighted by Crippen LogP contribution is -2.26. The molecular weight excluding hydrogens is 469 g/mol. The first-order valence-electron chi connectivity index (χ1n) is 11.1. The van der Waals surface area contributed by atoms with Gasteiger partial charge in [0, 0.05) is 33.4 Å². The molecule has 9 nitrogen and oxygen atoms in total. The quantitative estimate of drug-likeness (QED) is 0.373. The lowest BCUT2D eigenvalue weighted by atomic mass is 9.99. The molecule has 0 fully saturated rings. The number of nitrogens with zero attached hydrogens (tertiary/aromatic N) is 4. The number of fused-ring (bicyclic) bond motifs is 2. The molecule has 0 radical (unpaired) electrons. The Morgan fingerprint density at radius 3 is 2.66 bits per heavy atom. The number of likely N-dealkylation sites (N-methyl/N-ethyl adjacent to an activating group) is 1. The second kappa shape index (κ2) is 8.91. The van der Waals surface area contributed by atoms with Crippen LogP contribution in [0, 0.1) is 5.82 Å². The number of H-pyrrole nitrogens is 1. The van der Waals surface area contributed by atoms with Crippen LogP contribution in [0.15, 0.2) is 53.6 Å². The summed E-state index contributed by atoms with van der Waals surface area (Å²) in [7, 11) is 1.30. The third-order valence-electron chi connectivity index (χ3n) is 6.05. The van der Waals surface area contributed by atoms with Gasteiger partial charge in [0.2, 0.25) is 16.0 Å². The van der Waals surface area contributed by atoms with Gasteiger partial charge in [0.05, 0.1) is 16.8 Å². The molecule has 3 N–H and O–H groups in total. The van der Waals surface area contributed by atoms with Gasteiger partial charge in [-0.2, -0.15) is 9.97 Å². The molecule has 3 heterocycles. The normalized spacial score (nSPS) is 14.3. The van der Waals surface area contributed by atoms with Crippen molar-refractivity contribution < 1.29 is 12.8 Å². The highest BCUT2D eigenvalue weighted by Crippen LogP contribution is 2.31. The third kappa shape index (κ3) is 4.45. The van der Waals surface area contributed by atoms with E-state index >= 15 is 0 Å². The summed E-state index contributed by atoms with van der Waals surface area (Å²) in [6, 6.07) is 11.8. The molecule has 5 rings (SSSR count). The summed E-state index contributed by atoms with van der Waals surface area (Å²) in [6.07, 6.45) is 2.52. The van der Waals surface area contributed by atoms with Crippen LogP contribution in [0.5, 0.6) is 0 Å². The van der Waals surface area contributed by atoms with Gasteiger partial charge in [-0.15, -0.1) is 0 Å². The van der Waals surface area contributed by atoms with E-state index in [1.165, 1.54) is 20.2 Å². The summed E-state index contributed by atoms with van der Waals surface area (Å²) in [5.41, 5.74) is 3.25. The maximum Gasteiger partial charge on any atom is 0.244 e. The van der Waals surface area contributed by atoms with Crippen molar-refractivity contribution in [2.75, 3.05) is 38.3 Å². The van der Waals surface area contributed by atoms with Gasteiger partial charge >= 0.3 is 0 Å². The van der Waals surface area contributed by atoms with Crippen LogP contribution in [-0.4, -0.2) is 60.3 Å². The van der Waals surface area contributed by atoms with E-state index < -0.39 is 10.0 Å². The Bertz CT molecular complexity index is 1520. The van der Waals surface area contributed by atoms with Gasteiger partial charge < -0.3 is 20.5 Å². The fourth-order valence-electron chi connectivity index (χ4n) is 4.15. The van der Waals surface area contributed by atoms with Crippen molar-refractivity contribution in [1.82, 2.24) is 24.2 Å². The molecule has 4 aromatic rings. The van der Waals surface area contributed by atoms with Gasteiger partial charge in [0.25, 0.3) is 0 Å². The van der Waals surface area contributed by atoms with Crippen LogP contribution in [0.3, 0.4) is 0 Å². The second-order valence-electron chi connectivity index (χ2n) is 8.76. The molecular formula is C24H26FN7O2S. The summed E-state index contributed by atoms with van der Waals surface area (Å²) in [5.74, 6) is 0.192. The number of para-hydroxylation sites is 1. The number of aromatic amines is 1.